The first-order valence-electron chi connectivity index (χ1n) is 8.63. The van der Waals surface area contributed by atoms with E-state index in [1.54, 1.807) is 7.11 Å². The van der Waals surface area contributed by atoms with Gasteiger partial charge in [-0.25, -0.2) is 0 Å². The summed E-state index contributed by atoms with van der Waals surface area (Å²) < 4.78 is 5.73. The van der Waals surface area contributed by atoms with Crippen molar-refractivity contribution in [3.8, 4) is 0 Å². The van der Waals surface area contributed by atoms with Crippen LogP contribution in [-0.2, 0) is 9.53 Å². The highest BCUT2D eigenvalue weighted by atomic mass is 16.5. The van der Waals surface area contributed by atoms with E-state index in [4.69, 9.17) is 4.74 Å². The summed E-state index contributed by atoms with van der Waals surface area (Å²) in [5, 5.41) is 3.57. The van der Waals surface area contributed by atoms with Gasteiger partial charge in [-0.15, -0.1) is 0 Å². The van der Waals surface area contributed by atoms with Crippen LogP contribution in [0.15, 0.2) is 0 Å². The first-order chi connectivity index (χ1) is 10.0. The minimum Gasteiger partial charge on any atom is -0.376 e. The molecule has 4 heteroatoms. The van der Waals surface area contributed by atoms with E-state index in [2.05, 4.69) is 31.0 Å². The number of nitrogens with zero attached hydrogens (tertiary/aromatic N) is 1. The Hall–Kier alpha value is -0.610. The molecule has 2 atom stereocenters. The molecular formula is C17H32N2O2. The van der Waals surface area contributed by atoms with Gasteiger partial charge in [0.25, 0.3) is 0 Å². The fourth-order valence-corrected chi connectivity index (χ4v) is 3.50. The quantitative estimate of drug-likeness (QED) is 0.749. The lowest BCUT2D eigenvalue weighted by Crippen LogP contribution is -2.53. The predicted octanol–water partition coefficient (Wildman–Crippen LogP) is 2.92. The highest BCUT2D eigenvalue weighted by molar-refractivity contribution is 5.84. The summed E-state index contributed by atoms with van der Waals surface area (Å²) in [6, 6.07) is 0.0164. The number of carbonyl (C=O) groups excluding carboxylic acids is 1. The summed E-state index contributed by atoms with van der Waals surface area (Å²) in [4.78, 5) is 14.8. The fraction of sp³-hybridized carbons (Fsp3) is 0.941. The van der Waals surface area contributed by atoms with Crippen LogP contribution in [0.5, 0.6) is 0 Å². The molecule has 1 aliphatic heterocycles. The zero-order valence-electron chi connectivity index (χ0n) is 14.2. The van der Waals surface area contributed by atoms with Crippen LogP contribution in [0.1, 0.15) is 65.7 Å². The van der Waals surface area contributed by atoms with Gasteiger partial charge in [-0.2, -0.15) is 0 Å². The van der Waals surface area contributed by atoms with Crippen molar-refractivity contribution in [2.24, 2.45) is 5.92 Å². The first-order valence-corrected chi connectivity index (χ1v) is 8.63. The van der Waals surface area contributed by atoms with Crippen LogP contribution < -0.4 is 5.32 Å². The van der Waals surface area contributed by atoms with Gasteiger partial charge < -0.3 is 9.64 Å². The summed E-state index contributed by atoms with van der Waals surface area (Å²) in [6.45, 7) is 7.38. The van der Waals surface area contributed by atoms with Crippen molar-refractivity contribution in [3.63, 3.8) is 0 Å². The number of hydrogen-bond donors (Lipinski definition) is 1. The Morgan fingerprint density at radius 2 is 2.14 bits per heavy atom. The van der Waals surface area contributed by atoms with Crippen LogP contribution in [-0.4, -0.2) is 42.3 Å². The summed E-state index contributed by atoms with van der Waals surface area (Å²) in [5.74, 6) is 0.875. The Morgan fingerprint density at radius 1 is 1.43 bits per heavy atom. The van der Waals surface area contributed by atoms with E-state index in [0.717, 1.165) is 45.1 Å². The van der Waals surface area contributed by atoms with Crippen molar-refractivity contribution < 1.29 is 9.53 Å². The largest absolute Gasteiger partial charge is 0.376 e. The standard InChI is InChI=1S/C17H32N2O2/c1-5-6-8-14-16(20)19(15(18-14)11-13(2)3)12-17(21-4)9-7-10-17/h13-15,18H,5-12H2,1-4H3. The Labute approximate surface area is 129 Å². The lowest BCUT2D eigenvalue weighted by Gasteiger charge is -2.44. The molecule has 2 unspecified atom stereocenters. The van der Waals surface area contributed by atoms with Gasteiger partial charge in [0.05, 0.1) is 24.4 Å². The molecule has 122 valence electrons. The maximum atomic E-state index is 12.7. The molecule has 2 fully saturated rings. The average Bonchev–Trinajstić information content (AvgIpc) is 2.67. The minimum absolute atomic E-state index is 0.0164. The first kappa shape index (κ1) is 16.8. The van der Waals surface area contributed by atoms with Gasteiger partial charge in [-0.3, -0.25) is 10.1 Å². The van der Waals surface area contributed by atoms with Crippen molar-refractivity contribution in [3.05, 3.63) is 0 Å². The number of hydrogen-bond acceptors (Lipinski definition) is 3. The van der Waals surface area contributed by atoms with Gasteiger partial charge in [0.15, 0.2) is 0 Å². The summed E-state index contributed by atoms with van der Waals surface area (Å²) in [6.07, 6.45) is 7.81. The van der Waals surface area contributed by atoms with Gasteiger partial charge in [-0.05, 0) is 38.0 Å². The predicted molar refractivity (Wildman–Crippen MR) is 85.0 cm³/mol. The highest BCUT2D eigenvalue weighted by Gasteiger charge is 2.45. The Morgan fingerprint density at radius 3 is 2.62 bits per heavy atom. The second-order valence-corrected chi connectivity index (χ2v) is 7.21. The van der Waals surface area contributed by atoms with E-state index in [1.165, 1.54) is 6.42 Å². The molecule has 2 rings (SSSR count). The summed E-state index contributed by atoms with van der Waals surface area (Å²) in [7, 11) is 1.79. The van der Waals surface area contributed by atoms with Crippen molar-refractivity contribution in [2.75, 3.05) is 13.7 Å². The molecule has 21 heavy (non-hydrogen) atoms. The van der Waals surface area contributed by atoms with E-state index in [1.807, 2.05) is 0 Å². The van der Waals surface area contributed by atoms with Crippen LogP contribution in [0.2, 0.25) is 0 Å². The van der Waals surface area contributed by atoms with Crippen molar-refractivity contribution in [1.82, 2.24) is 10.2 Å². The van der Waals surface area contributed by atoms with E-state index in [-0.39, 0.29) is 23.7 Å². The monoisotopic (exact) mass is 296 g/mol. The third kappa shape index (κ3) is 3.78. The van der Waals surface area contributed by atoms with Gasteiger partial charge >= 0.3 is 0 Å². The molecule has 0 radical (unpaired) electrons. The van der Waals surface area contributed by atoms with E-state index >= 15 is 0 Å². The van der Waals surface area contributed by atoms with E-state index in [9.17, 15) is 4.79 Å². The fourth-order valence-electron chi connectivity index (χ4n) is 3.50. The topological polar surface area (TPSA) is 41.6 Å². The number of rotatable bonds is 8. The van der Waals surface area contributed by atoms with Crippen LogP contribution >= 0.6 is 0 Å². The number of unbranched alkanes of at least 4 members (excludes halogenated alkanes) is 1. The third-order valence-electron chi connectivity index (χ3n) is 5.05. The molecule has 1 aliphatic carbocycles. The zero-order valence-corrected chi connectivity index (χ0v) is 14.2. The molecule has 1 saturated carbocycles. The summed E-state index contributed by atoms with van der Waals surface area (Å²) in [5.41, 5.74) is -0.0772. The van der Waals surface area contributed by atoms with Crippen molar-refractivity contribution in [1.29, 1.82) is 0 Å². The Bertz CT molecular complexity index is 347. The Balaban J connectivity index is 2.04. The van der Waals surface area contributed by atoms with Gasteiger partial charge in [-0.1, -0.05) is 33.6 Å². The molecular weight excluding hydrogens is 264 g/mol. The molecule has 1 heterocycles. The number of carbonyl (C=O) groups is 1. The minimum atomic E-state index is -0.0772. The molecule has 1 N–H and O–H groups in total. The lowest BCUT2D eigenvalue weighted by molar-refractivity contribution is -0.140. The lowest BCUT2D eigenvalue weighted by atomic mass is 9.79. The third-order valence-corrected chi connectivity index (χ3v) is 5.05. The molecule has 0 aromatic heterocycles. The zero-order chi connectivity index (χ0) is 15.5. The molecule has 0 aromatic carbocycles. The molecule has 4 nitrogen and oxygen atoms in total. The van der Waals surface area contributed by atoms with Crippen LogP contribution in [0.4, 0.5) is 0 Å². The maximum absolute atomic E-state index is 12.7. The highest BCUT2D eigenvalue weighted by Crippen LogP contribution is 2.37. The van der Waals surface area contributed by atoms with Crippen molar-refractivity contribution in [2.45, 2.75) is 83.5 Å². The van der Waals surface area contributed by atoms with Crippen molar-refractivity contribution >= 4 is 5.91 Å². The molecule has 2 aliphatic rings. The molecule has 0 bridgehead atoms. The second kappa shape index (κ2) is 7.10. The maximum Gasteiger partial charge on any atom is 0.241 e. The van der Waals surface area contributed by atoms with Gasteiger partial charge in [0, 0.05) is 7.11 Å². The van der Waals surface area contributed by atoms with Crippen LogP contribution in [0.25, 0.3) is 0 Å². The smallest absolute Gasteiger partial charge is 0.241 e. The van der Waals surface area contributed by atoms with Crippen LogP contribution in [0, 0.1) is 5.92 Å². The second-order valence-electron chi connectivity index (χ2n) is 7.21. The van der Waals surface area contributed by atoms with Gasteiger partial charge in [0.2, 0.25) is 5.91 Å². The summed E-state index contributed by atoms with van der Waals surface area (Å²) >= 11 is 0. The Kier molecular flexibility index (Phi) is 5.67. The normalized spacial score (nSPS) is 28.2. The van der Waals surface area contributed by atoms with Gasteiger partial charge in [0.1, 0.15) is 0 Å². The molecule has 1 amide bonds. The SMILES string of the molecule is CCCCC1NC(CC(C)C)N(CC2(OC)CCC2)C1=O. The van der Waals surface area contributed by atoms with Crippen LogP contribution in [0.3, 0.4) is 0 Å². The van der Waals surface area contributed by atoms with E-state index < -0.39 is 0 Å². The molecule has 0 aromatic rings. The van der Waals surface area contributed by atoms with E-state index in [0.29, 0.717) is 5.92 Å². The number of amides is 1. The molecule has 0 spiro atoms. The number of ether oxygens (including phenoxy) is 1. The number of nitrogens with one attached hydrogen (secondary N) is 1. The number of methoxy groups -OCH3 is 1. The molecule has 1 saturated heterocycles. The average molecular weight is 296 g/mol.